The minimum absolute atomic E-state index is 0.844. The van der Waals surface area contributed by atoms with E-state index in [1.54, 1.807) is 0 Å². The maximum Gasteiger partial charge on any atom is 0.118 e. The molecule has 1 fully saturated rings. The predicted octanol–water partition coefficient (Wildman–Crippen LogP) is 3.16. The van der Waals surface area contributed by atoms with Gasteiger partial charge in [-0.05, 0) is 44.6 Å². The summed E-state index contributed by atoms with van der Waals surface area (Å²) in [4.78, 5) is 2.54. The molecule has 0 unspecified atom stereocenters. The fourth-order valence-electron chi connectivity index (χ4n) is 2.54. The van der Waals surface area contributed by atoms with Crippen molar-refractivity contribution >= 4 is 0 Å². The average molecular weight is 250 g/mol. The van der Waals surface area contributed by atoms with Gasteiger partial charge in [0.25, 0.3) is 0 Å². The van der Waals surface area contributed by atoms with Gasteiger partial charge < -0.3 is 9.73 Å². The molecule has 1 N–H and O–H groups in total. The van der Waals surface area contributed by atoms with Crippen molar-refractivity contribution in [1.29, 1.82) is 0 Å². The smallest absolute Gasteiger partial charge is 0.118 e. The molecule has 1 aliphatic heterocycles. The van der Waals surface area contributed by atoms with Gasteiger partial charge in [0.15, 0.2) is 0 Å². The van der Waals surface area contributed by atoms with Gasteiger partial charge in [0.05, 0.1) is 13.1 Å². The number of hydrogen-bond acceptors (Lipinski definition) is 3. The first-order valence-corrected chi connectivity index (χ1v) is 7.39. The van der Waals surface area contributed by atoms with Crippen LogP contribution in [0.3, 0.4) is 0 Å². The highest BCUT2D eigenvalue weighted by atomic mass is 16.3. The van der Waals surface area contributed by atoms with Crippen LogP contribution in [-0.4, -0.2) is 24.5 Å². The molecule has 2 heterocycles. The van der Waals surface area contributed by atoms with E-state index in [1.165, 1.54) is 45.2 Å². The van der Waals surface area contributed by atoms with Gasteiger partial charge in [-0.25, -0.2) is 0 Å². The number of likely N-dealkylation sites (tertiary alicyclic amines) is 1. The first-order valence-electron chi connectivity index (χ1n) is 7.39. The minimum atomic E-state index is 0.844. The molecule has 0 amide bonds. The molecular formula is C15H26N2O. The average Bonchev–Trinajstić information content (AvgIpc) is 2.77. The summed E-state index contributed by atoms with van der Waals surface area (Å²) in [6.07, 6.45) is 6.87. The van der Waals surface area contributed by atoms with E-state index in [0.717, 1.165) is 31.2 Å². The van der Waals surface area contributed by atoms with E-state index in [2.05, 4.69) is 29.3 Å². The fraction of sp³-hybridized carbons (Fsp3) is 0.733. The summed E-state index contributed by atoms with van der Waals surface area (Å²) in [6, 6.07) is 4.23. The summed E-state index contributed by atoms with van der Waals surface area (Å²) < 4.78 is 5.86. The molecule has 0 spiro atoms. The zero-order chi connectivity index (χ0) is 12.6. The SMILES string of the molecule is CCNCc1ccc(CN2CCCCCCC2)o1. The molecule has 18 heavy (non-hydrogen) atoms. The van der Waals surface area contributed by atoms with Crippen LogP contribution in [0.4, 0.5) is 0 Å². The summed E-state index contributed by atoms with van der Waals surface area (Å²) in [5, 5.41) is 3.29. The quantitative estimate of drug-likeness (QED) is 0.870. The van der Waals surface area contributed by atoms with Crippen LogP contribution in [0.15, 0.2) is 16.5 Å². The zero-order valence-corrected chi connectivity index (χ0v) is 11.6. The Hall–Kier alpha value is -0.800. The van der Waals surface area contributed by atoms with Crippen LogP contribution in [-0.2, 0) is 13.1 Å². The Labute approximate surface area is 111 Å². The summed E-state index contributed by atoms with van der Waals surface area (Å²) in [7, 11) is 0. The second kappa shape index (κ2) is 7.59. The highest BCUT2D eigenvalue weighted by Gasteiger charge is 2.10. The lowest BCUT2D eigenvalue weighted by molar-refractivity contribution is 0.220. The van der Waals surface area contributed by atoms with Gasteiger partial charge in [0.2, 0.25) is 0 Å². The largest absolute Gasteiger partial charge is 0.463 e. The van der Waals surface area contributed by atoms with Gasteiger partial charge in [-0.2, -0.15) is 0 Å². The third-order valence-electron chi connectivity index (χ3n) is 3.59. The van der Waals surface area contributed by atoms with Crippen molar-refractivity contribution in [2.45, 2.75) is 52.1 Å². The molecule has 2 rings (SSSR count). The lowest BCUT2D eigenvalue weighted by Crippen LogP contribution is -2.26. The predicted molar refractivity (Wildman–Crippen MR) is 74.5 cm³/mol. The highest BCUT2D eigenvalue weighted by Crippen LogP contribution is 2.15. The minimum Gasteiger partial charge on any atom is -0.463 e. The third kappa shape index (κ3) is 4.46. The molecule has 0 bridgehead atoms. The van der Waals surface area contributed by atoms with Gasteiger partial charge >= 0.3 is 0 Å². The van der Waals surface area contributed by atoms with E-state index in [-0.39, 0.29) is 0 Å². The Bertz CT molecular complexity index is 327. The second-order valence-corrected chi connectivity index (χ2v) is 5.19. The summed E-state index contributed by atoms with van der Waals surface area (Å²) in [5.41, 5.74) is 0. The lowest BCUT2D eigenvalue weighted by atomic mass is 10.1. The van der Waals surface area contributed by atoms with E-state index in [0.29, 0.717) is 0 Å². The normalized spacial score (nSPS) is 18.5. The summed E-state index contributed by atoms with van der Waals surface area (Å²) in [6.45, 7) is 7.38. The van der Waals surface area contributed by atoms with Crippen LogP contribution in [0.1, 0.15) is 50.5 Å². The number of nitrogens with zero attached hydrogens (tertiary/aromatic N) is 1. The molecule has 1 saturated heterocycles. The van der Waals surface area contributed by atoms with Crippen LogP contribution in [0.2, 0.25) is 0 Å². The van der Waals surface area contributed by atoms with Gasteiger partial charge in [0.1, 0.15) is 11.5 Å². The Morgan fingerprint density at radius 1 is 1.06 bits per heavy atom. The lowest BCUT2D eigenvalue weighted by Gasteiger charge is -2.23. The van der Waals surface area contributed by atoms with Crippen molar-refractivity contribution in [3.63, 3.8) is 0 Å². The topological polar surface area (TPSA) is 28.4 Å². The maximum atomic E-state index is 5.86. The van der Waals surface area contributed by atoms with E-state index in [1.807, 2.05) is 0 Å². The second-order valence-electron chi connectivity index (χ2n) is 5.19. The molecule has 0 aromatic carbocycles. The Balaban J connectivity index is 1.81. The summed E-state index contributed by atoms with van der Waals surface area (Å²) >= 11 is 0. The molecule has 1 aromatic heterocycles. The van der Waals surface area contributed by atoms with Crippen molar-refractivity contribution in [2.75, 3.05) is 19.6 Å². The molecule has 0 atom stereocenters. The maximum absolute atomic E-state index is 5.86. The number of rotatable bonds is 5. The van der Waals surface area contributed by atoms with Gasteiger partial charge in [-0.1, -0.05) is 26.2 Å². The van der Waals surface area contributed by atoms with Gasteiger partial charge in [-0.15, -0.1) is 0 Å². The van der Waals surface area contributed by atoms with Crippen LogP contribution >= 0.6 is 0 Å². The first-order chi connectivity index (χ1) is 8.88. The van der Waals surface area contributed by atoms with Crippen molar-refractivity contribution in [3.05, 3.63) is 23.7 Å². The molecule has 0 radical (unpaired) electrons. The third-order valence-corrected chi connectivity index (χ3v) is 3.59. The molecule has 1 aliphatic rings. The molecule has 102 valence electrons. The van der Waals surface area contributed by atoms with E-state index >= 15 is 0 Å². The number of nitrogens with one attached hydrogen (secondary N) is 1. The van der Waals surface area contributed by atoms with Crippen LogP contribution in [0, 0.1) is 0 Å². The van der Waals surface area contributed by atoms with Crippen molar-refractivity contribution in [3.8, 4) is 0 Å². The Morgan fingerprint density at radius 2 is 1.72 bits per heavy atom. The monoisotopic (exact) mass is 250 g/mol. The molecule has 3 nitrogen and oxygen atoms in total. The summed E-state index contributed by atoms with van der Waals surface area (Å²) in [5.74, 6) is 2.17. The first kappa shape index (κ1) is 13.6. The van der Waals surface area contributed by atoms with Gasteiger partial charge in [0, 0.05) is 0 Å². The Kier molecular flexibility index (Phi) is 5.75. The molecule has 0 saturated carbocycles. The van der Waals surface area contributed by atoms with Crippen LogP contribution in [0.5, 0.6) is 0 Å². The van der Waals surface area contributed by atoms with Gasteiger partial charge in [-0.3, -0.25) is 4.90 Å². The standard InChI is InChI=1S/C15H26N2O/c1-2-16-12-14-8-9-15(18-14)13-17-10-6-4-3-5-7-11-17/h8-9,16H,2-7,10-13H2,1H3. The van der Waals surface area contributed by atoms with Crippen molar-refractivity contribution < 1.29 is 4.42 Å². The fourth-order valence-corrected chi connectivity index (χ4v) is 2.54. The Morgan fingerprint density at radius 3 is 2.44 bits per heavy atom. The number of hydrogen-bond donors (Lipinski definition) is 1. The number of furan rings is 1. The van der Waals surface area contributed by atoms with E-state index in [4.69, 9.17) is 4.42 Å². The zero-order valence-electron chi connectivity index (χ0n) is 11.6. The van der Waals surface area contributed by atoms with Crippen LogP contribution in [0.25, 0.3) is 0 Å². The van der Waals surface area contributed by atoms with E-state index in [9.17, 15) is 0 Å². The van der Waals surface area contributed by atoms with Crippen LogP contribution < -0.4 is 5.32 Å². The van der Waals surface area contributed by atoms with Crippen molar-refractivity contribution in [2.24, 2.45) is 0 Å². The van der Waals surface area contributed by atoms with Crippen molar-refractivity contribution in [1.82, 2.24) is 10.2 Å². The molecule has 1 aromatic rings. The highest BCUT2D eigenvalue weighted by molar-refractivity contribution is 5.07. The van der Waals surface area contributed by atoms with E-state index < -0.39 is 0 Å². The molecular weight excluding hydrogens is 224 g/mol. The molecule has 3 heteroatoms. The molecule has 0 aliphatic carbocycles.